The van der Waals surface area contributed by atoms with Crippen molar-refractivity contribution in [2.75, 3.05) is 0 Å². The van der Waals surface area contributed by atoms with Crippen LogP contribution in [0.4, 0.5) is 13.2 Å². The van der Waals surface area contributed by atoms with E-state index in [4.69, 9.17) is 10.6 Å². The monoisotopic (exact) mass is 280 g/mol. The summed E-state index contributed by atoms with van der Waals surface area (Å²) in [7, 11) is 0. The van der Waals surface area contributed by atoms with E-state index in [9.17, 15) is 13.2 Å². The molecule has 0 radical (unpaired) electrons. The van der Waals surface area contributed by atoms with Crippen LogP contribution >= 0.6 is 0 Å². The SMILES string of the molecule is NN=Cc1ccc(Oc2cccc(C(F)(F)F)c2)cc1. The Kier molecular flexibility index (Phi) is 3.93. The van der Waals surface area contributed by atoms with Crippen LogP contribution in [0.15, 0.2) is 53.6 Å². The van der Waals surface area contributed by atoms with E-state index >= 15 is 0 Å². The van der Waals surface area contributed by atoms with Crippen molar-refractivity contribution >= 4 is 6.21 Å². The molecule has 2 aromatic rings. The van der Waals surface area contributed by atoms with E-state index in [2.05, 4.69) is 5.10 Å². The second kappa shape index (κ2) is 5.64. The van der Waals surface area contributed by atoms with Crippen LogP contribution in [-0.4, -0.2) is 6.21 Å². The molecule has 0 heterocycles. The molecule has 0 saturated carbocycles. The number of halogens is 3. The normalized spacial score (nSPS) is 11.8. The highest BCUT2D eigenvalue weighted by molar-refractivity contribution is 5.79. The molecular formula is C14H11F3N2O. The molecule has 0 aliphatic heterocycles. The highest BCUT2D eigenvalue weighted by atomic mass is 19.4. The Labute approximate surface area is 113 Å². The second-order valence-electron chi connectivity index (χ2n) is 3.97. The summed E-state index contributed by atoms with van der Waals surface area (Å²) in [5.41, 5.74) is 0.0192. The zero-order valence-electron chi connectivity index (χ0n) is 10.3. The second-order valence-corrected chi connectivity index (χ2v) is 3.97. The van der Waals surface area contributed by atoms with E-state index in [1.165, 1.54) is 18.3 Å². The number of nitrogens with zero attached hydrogens (tertiary/aromatic N) is 1. The molecule has 0 aromatic heterocycles. The summed E-state index contributed by atoms with van der Waals surface area (Å²) in [6.45, 7) is 0. The van der Waals surface area contributed by atoms with Crippen molar-refractivity contribution in [3.8, 4) is 11.5 Å². The molecule has 0 atom stereocenters. The van der Waals surface area contributed by atoms with Crippen LogP contribution in [0.25, 0.3) is 0 Å². The van der Waals surface area contributed by atoms with E-state index in [-0.39, 0.29) is 5.75 Å². The first-order chi connectivity index (χ1) is 9.49. The number of alkyl halides is 3. The lowest BCUT2D eigenvalue weighted by atomic mass is 10.2. The largest absolute Gasteiger partial charge is 0.457 e. The first-order valence-electron chi connectivity index (χ1n) is 5.67. The minimum absolute atomic E-state index is 0.125. The van der Waals surface area contributed by atoms with Crippen molar-refractivity contribution in [2.24, 2.45) is 10.9 Å². The van der Waals surface area contributed by atoms with Crippen LogP contribution in [0.2, 0.25) is 0 Å². The van der Waals surface area contributed by atoms with E-state index in [0.29, 0.717) is 5.75 Å². The molecule has 0 unspecified atom stereocenters. The van der Waals surface area contributed by atoms with Crippen LogP contribution in [0.3, 0.4) is 0 Å². The molecule has 0 bridgehead atoms. The minimum atomic E-state index is -4.39. The number of nitrogens with two attached hydrogens (primary N) is 1. The maximum Gasteiger partial charge on any atom is 0.416 e. The molecule has 2 aromatic carbocycles. The first-order valence-corrected chi connectivity index (χ1v) is 5.67. The number of hydrogen-bond acceptors (Lipinski definition) is 3. The molecule has 2 rings (SSSR count). The summed E-state index contributed by atoms with van der Waals surface area (Å²) in [4.78, 5) is 0. The predicted octanol–water partition coefficient (Wildman–Crippen LogP) is 3.79. The van der Waals surface area contributed by atoms with Gasteiger partial charge in [0.25, 0.3) is 0 Å². The van der Waals surface area contributed by atoms with Gasteiger partial charge in [0.15, 0.2) is 0 Å². The lowest BCUT2D eigenvalue weighted by Crippen LogP contribution is -2.04. The van der Waals surface area contributed by atoms with Crippen molar-refractivity contribution in [3.05, 3.63) is 59.7 Å². The van der Waals surface area contributed by atoms with Crippen LogP contribution in [0.5, 0.6) is 11.5 Å². The fraction of sp³-hybridized carbons (Fsp3) is 0.0714. The van der Waals surface area contributed by atoms with Crippen LogP contribution in [0.1, 0.15) is 11.1 Å². The maximum atomic E-state index is 12.6. The van der Waals surface area contributed by atoms with E-state index < -0.39 is 11.7 Å². The highest BCUT2D eigenvalue weighted by Crippen LogP contribution is 2.32. The number of ether oxygens (including phenoxy) is 1. The van der Waals surface area contributed by atoms with Crippen molar-refractivity contribution in [1.29, 1.82) is 0 Å². The Balaban J connectivity index is 2.17. The minimum Gasteiger partial charge on any atom is -0.457 e. The van der Waals surface area contributed by atoms with Gasteiger partial charge in [-0.25, -0.2) is 0 Å². The molecule has 0 aliphatic carbocycles. The van der Waals surface area contributed by atoms with Gasteiger partial charge in [0.1, 0.15) is 11.5 Å². The fourth-order valence-corrected chi connectivity index (χ4v) is 1.58. The summed E-state index contributed by atoms with van der Waals surface area (Å²) in [6.07, 6.45) is -2.94. The van der Waals surface area contributed by atoms with Gasteiger partial charge in [-0.05, 0) is 48.0 Å². The smallest absolute Gasteiger partial charge is 0.416 e. The van der Waals surface area contributed by atoms with Crippen LogP contribution in [-0.2, 0) is 6.18 Å². The average Bonchev–Trinajstić information content (AvgIpc) is 2.41. The molecule has 0 saturated heterocycles. The number of hydrazone groups is 1. The fourth-order valence-electron chi connectivity index (χ4n) is 1.58. The van der Waals surface area contributed by atoms with Gasteiger partial charge in [-0.15, -0.1) is 0 Å². The van der Waals surface area contributed by atoms with Crippen molar-refractivity contribution in [3.63, 3.8) is 0 Å². The van der Waals surface area contributed by atoms with Crippen LogP contribution in [0, 0.1) is 0 Å². The summed E-state index contributed by atoms with van der Waals surface area (Å²) in [6, 6.07) is 11.3. The van der Waals surface area contributed by atoms with Crippen molar-refractivity contribution in [1.82, 2.24) is 0 Å². The first kappa shape index (κ1) is 13.9. The highest BCUT2D eigenvalue weighted by Gasteiger charge is 2.30. The van der Waals surface area contributed by atoms with Gasteiger partial charge in [-0.1, -0.05) is 6.07 Å². The Morgan fingerprint density at radius 3 is 2.30 bits per heavy atom. The third-order valence-corrected chi connectivity index (χ3v) is 2.50. The number of rotatable bonds is 3. The quantitative estimate of drug-likeness (QED) is 0.528. The molecule has 0 spiro atoms. The molecule has 0 aliphatic rings. The summed E-state index contributed by atoms with van der Waals surface area (Å²) >= 11 is 0. The van der Waals surface area contributed by atoms with Gasteiger partial charge in [0.05, 0.1) is 11.8 Å². The molecule has 104 valence electrons. The summed E-state index contributed by atoms with van der Waals surface area (Å²) in [5, 5.41) is 3.37. The van der Waals surface area contributed by atoms with Gasteiger partial charge in [-0.3, -0.25) is 0 Å². The number of benzene rings is 2. The molecule has 6 heteroatoms. The third-order valence-electron chi connectivity index (χ3n) is 2.50. The molecule has 0 amide bonds. The van der Waals surface area contributed by atoms with E-state index in [1.807, 2.05) is 0 Å². The third kappa shape index (κ3) is 3.50. The molecular weight excluding hydrogens is 269 g/mol. The lowest BCUT2D eigenvalue weighted by Gasteiger charge is -2.10. The molecule has 3 nitrogen and oxygen atoms in total. The predicted molar refractivity (Wildman–Crippen MR) is 69.7 cm³/mol. The van der Waals surface area contributed by atoms with E-state index in [1.54, 1.807) is 24.3 Å². The summed E-state index contributed by atoms with van der Waals surface area (Å²) < 4.78 is 43.1. The van der Waals surface area contributed by atoms with Crippen molar-refractivity contribution in [2.45, 2.75) is 6.18 Å². The molecule has 20 heavy (non-hydrogen) atoms. The Morgan fingerprint density at radius 1 is 1.00 bits per heavy atom. The lowest BCUT2D eigenvalue weighted by molar-refractivity contribution is -0.137. The van der Waals surface area contributed by atoms with Gasteiger partial charge in [-0.2, -0.15) is 18.3 Å². The van der Waals surface area contributed by atoms with Crippen molar-refractivity contribution < 1.29 is 17.9 Å². The van der Waals surface area contributed by atoms with Gasteiger partial charge in [0.2, 0.25) is 0 Å². The Morgan fingerprint density at radius 2 is 1.70 bits per heavy atom. The molecule has 0 fully saturated rings. The zero-order valence-corrected chi connectivity index (χ0v) is 10.3. The van der Waals surface area contributed by atoms with Gasteiger partial charge >= 0.3 is 6.18 Å². The van der Waals surface area contributed by atoms with Gasteiger partial charge in [0, 0.05) is 0 Å². The topological polar surface area (TPSA) is 47.6 Å². The Bertz CT molecular complexity index is 607. The Hall–Kier alpha value is -2.50. The maximum absolute atomic E-state index is 12.6. The summed E-state index contributed by atoms with van der Waals surface area (Å²) in [5.74, 6) is 5.57. The van der Waals surface area contributed by atoms with E-state index in [0.717, 1.165) is 17.7 Å². The zero-order chi connectivity index (χ0) is 14.6. The van der Waals surface area contributed by atoms with Crippen LogP contribution < -0.4 is 10.6 Å². The molecule has 2 N–H and O–H groups in total. The number of hydrogen-bond donors (Lipinski definition) is 1. The average molecular weight is 280 g/mol. The standard InChI is InChI=1S/C14H11F3N2O/c15-14(16,17)11-2-1-3-13(8-11)20-12-6-4-10(5-7-12)9-19-18/h1-9H,18H2. The van der Waals surface area contributed by atoms with Gasteiger partial charge < -0.3 is 10.6 Å².